The minimum absolute atomic E-state index is 0.290. The van der Waals surface area contributed by atoms with Crippen LogP contribution >= 0.6 is 11.6 Å². The number of halogens is 3. The summed E-state index contributed by atoms with van der Waals surface area (Å²) in [4.78, 5) is 0. The van der Waals surface area contributed by atoms with Crippen LogP contribution in [0.3, 0.4) is 0 Å². The van der Waals surface area contributed by atoms with E-state index in [0.29, 0.717) is 12.1 Å². The van der Waals surface area contributed by atoms with E-state index in [1.54, 1.807) is 0 Å². The highest BCUT2D eigenvalue weighted by Gasteiger charge is 2.45. The van der Waals surface area contributed by atoms with Gasteiger partial charge in [0, 0.05) is 12.0 Å². The molecular formula is C10H10ClF2N. The molecule has 1 aliphatic rings. The van der Waals surface area contributed by atoms with Crippen molar-refractivity contribution in [2.45, 2.75) is 18.3 Å². The topological polar surface area (TPSA) is 26.0 Å². The summed E-state index contributed by atoms with van der Waals surface area (Å²) in [5.74, 6) is -1.38. The molecule has 76 valence electrons. The molecule has 2 rings (SSSR count). The predicted octanol–water partition coefficient (Wildman–Crippen LogP) is 2.61. The number of hydrogen-bond donors (Lipinski definition) is 1. The van der Waals surface area contributed by atoms with Gasteiger partial charge in [0.1, 0.15) is 16.7 Å². The molecule has 0 aliphatic heterocycles. The number of rotatable bonds is 2. The van der Waals surface area contributed by atoms with Crippen LogP contribution in [0.4, 0.5) is 8.78 Å². The summed E-state index contributed by atoms with van der Waals surface area (Å²) in [5, 5.41) is -0.428. The molecule has 0 aromatic heterocycles. The van der Waals surface area contributed by atoms with Crippen molar-refractivity contribution in [3.8, 4) is 0 Å². The van der Waals surface area contributed by atoms with Gasteiger partial charge in [-0.15, -0.1) is 0 Å². The van der Waals surface area contributed by atoms with Gasteiger partial charge in [-0.2, -0.15) is 0 Å². The van der Waals surface area contributed by atoms with Crippen LogP contribution in [0.25, 0.3) is 0 Å². The molecule has 0 unspecified atom stereocenters. The first-order chi connectivity index (χ1) is 6.60. The molecule has 1 aliphatic carbocycles. The normalized spacial score (nSPS) is 18.3. The van der Waals surface area contributed by atoms with E-state index in [-0.39, 0.29) is 5.41 Å². The van der Waals surface area contributed by atoms with E-state index in [9.17, 15) is 8.78 Å². The first kappa shape index (κ1) is 9.87. The number of hydrogen-bond acceptors (Lipinski definition) is 1. The SMILES string of the molecule is NCC1(c2ccc(F)c(Cl)c2F)CC1. The van der Waals surface area contributed by atoms with E-state index in [4.69, 9.17) is 17.3 Å². The molecule has 0 spiro atoms. The summed E-state index contributed by atoms with van der Waals surface area (Å²) in [7, 11) is 0. The fourth-order valence-corrected chi connectivity index (χ4v) is 1.83. The molecule has 0 saturated heterocycles. The van der Waals surface area contributed by atoms with Crippen LogP contribution in [-0.4, -0.2) is 6.54 Å². The van der Waals surface area contributed by atoms with E-state index in [1.165, 1.54) is 12.1 Å². The Kier molecular flexibility index (Phi) is 2.24. The minimum Gasteiger partial charge on any atom is -0.330 e. The Hall–Kier alpha value is -0.670. The van der Waals surface area contributed by atoms with Crippen molar-refractivity contribution in [1.82, 2.24) is 0 Å². The van der Waals surface area contributed by atoms with Gasteiger partial charge in [-0.05, 0) is 24.5 Å². The molecule has 2 N–H and O–H groups in total. The van der Waals surface area contributed by atoms with Gasteiger partial charge in [-0.25, -0.2) is 8.78 Å². The molecule has 0 bridgehead atoms. The quantitative estimate of drug-likeness (QED) is 0.758. The van der Waals surface area contributed by atoms with Crippen LogP contribution < -0.4 is 5.73 Å². The zero-order valence-corrected chi connectivity index (χ0v) is 8.24. The fourth-order valence-electron chi connectivity index (χ4n) is 1.67. The third-order valence-corrected chi connectivity index (χ3v) is 3.20. The lowest BCUT2D eigenvalue weighted by atomic mass is 9.95. The molecule has 0 heterocycles. The summed E-state index contributed by atoms with van der Waals surface area (Å²) in [6.07, 6.45) is 1.70. The summed E-state index contributed by atoms with van der Waals surface area (Å²) in [6, 6.07) is 2.63. The zero-order valence-electron chi connectivity index (χ0n) is 7.49. The maximum atomic E-state index is 13.6. The summed E-state index contributed by atoms with van der Waals surface area (Å²) in [6.45, 7) is 0.381. The van der Waals surface area contributed by atoms with Crippen molar-refractivity contribution in [3.63, 3.8) is 0 Å². The van der Waals surface area contributed by atoms with Crippen molar-refractivity contribution in [2.75, 3.05) is 6.54 Å². The first-order valence-corrected chi connectivity index (χ1v) is 4.82. The summed E-state index contributed by atoms with van der Waals surface area (Å²) >= 11 is 5.48. The Morgan fingerprint density at radius 2 is 2.00 bits per heavy atom. The molecule has 1 saturated carbocycles. The minimum atomic E-state index is -0.722. The van der Waals surface area contributed by atoms with Gasteiger partial charge in [-0.1, -0.05) is 17.7 Å². The summed E-state index contributed by atoms with van der Waals surface area (Å²) in [5.41, 5.74) is 5.71. The third kappa shape index (κ3) is 1.31. The molecule has 1 nitrogen and oxygen atoms in total. The van der Waals surface area contributed by atoms with E-state index >= 15 is 0 Å². The Morgan fingerprint density at radius 1 is 1.36 bits per heavy atom. The predicted molar refractivity (Wildman–Crippen MR) is 51.3 cm³/mol. The van der Waals surface area contributed by atoms with Crippen molar-refractivity contribution in [3.05, 3.63) is 34.4 Å². The van der Waals surface area contributed by atoms with Crippen LogP contribution in [0.15, 0.2) is 12.1 Å². The Bertz CT molecular complexity index is 375. The van der Waals surface area contributed by atoms with Gasteiger partial charge >= 0.3 is 0 Å². The Morgan fingerprint density at radius 3 is 2.50 bits per heavy atom. The Labute approximate surface area is 85.9 Å². The standard InChI is InChI=1S/C10H10ClF2N/c11-8-7(12)2-1-6(9(8)13)10(5-14)3-4-10/h1-2H,3-5,14H2. The average Bonchev–Trinajstić information content (AvgIpc) is 2.95. The van der Waals surface area contributed by atoms with Crippen LogP contribution in [0, 0.1) is 11.6 Å². The van der Waals surface area contributed by atoms with E-state index in [1.807, 2.05) is 0 Å². The number of benzene rings is 1. The molecular weight excluding hydrogens is 208 g/mol. The van der Waals surface area contributed by atoms with Crippen LogP contribution in [0.1, 0.15) is 18.4 Å². The van der Waals surface area contributed by atoms with Crippen molar-refractivity contribution in [1.29, 1.82) is 0 Å². The van der Waals surface area contributed by atoms with Gasteiger partial charge in [0.05, 0.1) is 0 Å². The second-order valence-electron chi connectivity index (χ2n) is 3.71. The number of nitrogens with two attached hydrogens (primary N) is 1. The molecule has 0 radical (unpaired) electrons. The molecule has 0 atom stereocenters. The monoisotopic (exact) mass is 217 g/mol. The van der Waals surface area contributed by atoms with Crippen molar-refractivity contribution in [2.24, 2.45) is 5.73 Å². The highest BCUT2D eigenvalue weighted by atomic mass is 35.5. The lowest BCUT2D eigenvalue weighted by Crippen LogP contribution is -2.21. The molecule has 1 aromatic rings. The average molecular weight is 218 g/mol. The highest BCUT2D eigenvalue weighted by molar-refractivity contribution is 6.31. The molecule has 1 fully saturated rings. The lowest BCUT2D eigenvalue weighted by molar-refractivity contribution is 0.549. The van der Waals surface area contributed by atoms with Crippen LogP contribution in [0.5, 0.6) is 0 Å². The second-order valence-corrected chi connectivity index (χ2v) is 4.09. The van der Waals surface area contributed by atoms with E-state index < -0.39 is 16.7 Å². The van der Waals surface area contributed by atoms with E-state index in [2.05, 4.69) is 0 Å². The van der Waals surface area contributed by atoms with Crippen molar-refractivity contribution < 1.29 is 8.78 Å². The molecule has 1 aromatic carbocycles. The van der Waals surface area contributed by atoms with Crippen LogP contribution in [0.2, 0.25) is 5.02 Å². The third-order valence-electron chi connectivity index (χ3n) is 2.85. The van der Waals surface area contributed by atoms with Gasteiger partial charge in [0.15, 0.2) is 0 Å². The Balaban J connectivity index is 2.50. The maximum absolute atomic E-state index is 13.6. The smallest absolute Gasteiger partial charge is 0.148 e. The van der Waals surface area contributed by atoms with Gasteiger partial charge in [-0.3, -0.25) is 0 Å². The van der Waals surface area contributed by atoms with Gasteiger partial charge < -0.3 is 5.73 Å². The largest absolute Gasteiger partial charge is 0.330 e. The summed E-state index contributed by atoms with van der Waals surface area (Å²) < 4.78 is 26.4. The van der Waals surface area contributed by atoms with Gasteiger partial charge in [0.2, 0.25) is 0 Å². The molecule has 0 amide bonds. The van der Waals surface area contributed by atoms with Crippen LogP contribution in [-0.2, 0) is 5.41 Å². The van der Waals surface area contributed by atoms with E-state index in [0.717, 1.165) is 12.8 Å². The highest BCUT2D eigenvalue weighted by Crippen LogP contribution is 2.49. The lowest BCUT2D eigenvalue weighted by Gasteiger charge is -2.14. The zero-order chi connectivity index (χ0) is 10.3. The molecule has 14 heavy (non-hydrogen) atoms. The fraction of sp³-hybridized carbons (Fsp3) is 0.400. The second kappa shape index (κ2) is 3.17. The molecule has 4 heteroatoms. The van der Waals surface area contributed by atoms with Crippen molar-refractivity contribution >= 4 is 11.6 Å². The van der Waals surface area contributed by atoms with Gasteiger partial charge in [0.25, 0.3) is 0 Å². The first-order valence-electron chi connectivity index (χ1n) is 4.45. The maximum Gasteiger partial charge on any atom is 0.148 e.